The van der Waals surface area contributed by atoms with Gasteiger partial charge in [-0.25, -0.2) is 13.1 Å². The first-order valence-electron chi connectivity index (χ1n) is 9.24. The lowest BCUT2D eigenvalue weighted by molar-refractivity contribution is -0.118. The molecule has 0 aliphatic rings. The van der Waals surface area contributed by atoms with Crippen molar-refractivity contribution in [3.05, 3.63) is 41.4 Å². The lowest BCUT2D eigenvalue weighted by Crippen LogP contribution is -2.24. The van der Waals surface area contributed by atoms with Gasteiger partial charge in [0.25, 0.3) is 5.91 Å². The van der Waals surface area contributed by atoms with Crippen LogP contribution in [0.15, 0.2) is 41.3 Å². The first-order valence-corrected chi connectivity index (χ1v) is 11.1. The highest BCUT2D eigenvalue weighted by Crippen LogP contribution is 2.35. The Balaban J connectivity index is 1.97. The molecule has 30 heavy (non-hydrogen) atoms. The monoisotopic (exact) mass is 456 g/mol. The molecule has 2 aromatic carbocycles. The molecule has 0 spiro atoms. The molecular formula is C20H25ClN2O6S. The van der Waals surface area contributed by atoms with E-state index in [1.165, 1.54) is 44.6 Å². The topological polar surface area (TPSA) is 103 Å². The summed E-state index contributed by atoms with van der Waals surface area (Å²) in [6.07, 6.45) is 1.66. The smallest absolute Gasteiger partial charge is 0.262 e. The van der Waals surface area contributed by atoms with Crippen LogP contribution in [-0.2, 0) is 14.8 Å². The first-order chi connectivity index (χ1) is 14.3. The number of ether oxygens (including phenoxy) is 3. The predicted octanol–water partition coefficient (Wildman–Crippen LogP) is 3.45. The van der Waals surface area contributed by atoms with Crippen LogP contribution in [-0.4, -0.2) is 41.7 Å². The van der Waals surface area contributed by atoms with Gasteiger partial charge in [0, 0.05) is 18.7 Å². The molecule has 2 rings (SSSR count). The maximum Gasteiger partial charge on any atom is 0.262 e. The minimum absolute atomic E-state index is 0.133. The van der Waals surface area contributed by atoms with Crippen molar-refractivity contribution in [1.29, 1.82) is 0 Å². The van der Waals surface area contributed by atoms with Gasteiger partial charge >= 0.3 is 0 Å². The Hall–Kier alpha value is -2.49. The molecule has 2 N–H and O–H groups in total. The molecule has 164 valence electrons. The second-order valence-corrected chi connectivity index (χ2v) is 8.42. The van der Waals surface area contributed by atoms with Crippen LogP contribution in [0.5, 0.6) is 17.2 Å². The number of carbonyl (C=O) groups excluding carboxylic acids is 1. The fourth-order valence-corrected chi connectivity index (χ4v) is 3.78. The summed E-state index contributed by atoms with van der Waals surface area (Å²) in [5.41, 5.74) is 0.381. The highest BCUT2D eigenvalue weighted by Gasteiger charge is 2.15. The molecule has 10 heteroatoms. The number of rotatable bonds is 11. The Morgan fingerprint density at radius 1 is 1.07 bits per heavy atom. The van der Waals surface area contributed by atoms with Crippen LogP contribution in [0.25, 0.3) is 0 Å². The van der Waals surface area contributed by atoms with Crippen molar-refractivity contribution in [1.82, 2.24) is 4.72 Å². The van der Waals surface area contributed by atoms with Gasteiger partial charge in [-0.1, -0.05) is 24.9 Å². The number of nitrogens with one attached hydrogen (secondary N) is 2. The summed E-state index contributed by atoms with van der Waals surface area (Å²) in [7, 11) is -0.641. The molecule has 0 bridgehead atoms. The van der Waals surface area contributed by atoms with Gasteiger partial charge in [0.1, 0.15) is 17.2 Å². The van der Waals surface area contributed by atoms with Crippen LogP contribution in [0.1, 0.15) is 19.8 Å². The molecule has 0 aliphatic carbocycles. The van der Waals surface area contributed by atoms with Gasteiger partial charge in [-0.15, -0.1) is 0 Å². The number of carbonyl (C=O) groups is 1. The molecule has 2 aromatic rings. The Bertz CT molecular complexity index is 964. The van der Waals surface area contributed by atoms with Crippen molar-refractivity contribution in [3.8, 4) is 17.2 Å². The van der Waals surface area contributed by atoms with E-state index in [9.17, 15) is 13.2 Å². The number of halogens is 1. The van der Waals surface area contributed by atoms with Crippen molar-refractivity contribution in [2.45, 2.75) is 24.7 Å². The van der Waals surface area contributed by atoms with Crippen molar-refractivity contribution in [2.75, 3.05) is 32.7 Å². The largest absolute Gasteiger partial charge is 0.495 e. The van der Waals surface area contributed by atoms with E-state index in [4.69, 9.17) is 25.8 Å². The van der Waals surface area contributed by atoms with E-state index in [1.54, 1.807) is 6.07 Å². The number of unbranched alkanes of at least 4 members (excludes halogenated alkanes) is 1. The molecule has 0 radical (unpaired) electrons. The number of methoxy groups -OCH3 is 2. The predicted molar refractivity (Wildman–Crippen MR) is 115 cm³/mol. The van der Waals surface area contributed by atoms with Crippen molar-refractivity contribution >= 4 is 33.2 Å². The molecule has 0 fully saturated rings. The average molecular weight is 457 g/mol. The van der Waals surface area contributed by atoms with Gasteiger partial charge in [0.2, 0.25) is 10.0 Å². The Labute approximate surface area is 181 Å². The fraction of sp³-hybridized carbons (Fsp3) is 0.350. The molecule has 8 nitrogen and oxygen atoms in total. The van der Waals surface area contributed by atoms with Crippen LogP contribution in [0.4, 0.5) is 5.69 Å². The van der Waals surface area contributed by atoms with E-state index >= 15 is 0 Å². The molecule has 0 unspecified atom stereocenters. The third-order valence-electron chi connectivity index (χ3n) is 4.07. The number of amides is 1. The van der Waals surface area contributed by atoms with Gasteiger partial charge < -0.3 is 19.5 Å². The summed E-state index contributed by atoms with van der Waals surface area (Å²) in [6.45, 7) is 2.08. The minimum atomic E-state index is -3.56. The quantitative estimate of drug-likeness (QED) is 0.502. The second-order valence-electron chi connectivity index (χ2n) is 6.25. The maximum absolute atomic E-state index is 12.2. The Kier molecular flexibility index (Phi) is 8.76. The van der Waals surface area contributed by atoms with Gasteiger partial charge in [0.15, 0.2) is 6.61 Å². The highest BCUT2D eigenvalue weighted by molar-refractivity contribution is 7.89. The van der Waals surface area contributed by atoms with Crippen LogP contribution < -0.4 is 24.2 Å². The Morgan fingerprint density at radius 3 is 2.33 bits per heavy atom. The van der Waals surface area contributed by atoms with Gasteiger partial charge in [0.05, 0.1) is 29.8 Å². The molecule has 0 saturated heterocycles. The highest BCUT2D eigenvalue weighted by atomic mass is 35.5. The standard InChI is InChI=1S/C20H25ClN2O6S/c1-4-5-10-22-30(25,26)15-8-6-14(7-9-15)29-13-20(24)23-17-12-18(27-2)16(21)11-19(17)28-3/h6-9,11-12,22H,4-5,10,13H2,1-3H3,(H,23,24). The molecule has 0 saturated carbocycles. The lowest BCUT2D eigenvalue weighted by Gasteiger charge is -2.13. The van der Waals surface area contributed by atoms with Crippen LogP contribution in [0.3, 0.4) is 0 Å². The SMILES string of the molecule is CCCCNS(=O)(=O)c1ccc(OCC(=O)Nc2cc(OC)c(Cl)cc2OC)cc1. The van der Waals surface area contributed by atoms with E-state index in [0.29, 0.717) is 34.5 Å². The van der Waals surface area contributed by atoms with E-state index in [-0.39, 0.29) is 11.5 Å². The van der Waals surface area contributed by atoms with E-state index in [0.717, 1.165) is 12.8 Å². The molecule has 0 atom stereocenters. The zero-order valence-corrected chi connectivity index (χ0v) is 18.6. The average Bonchev–Trinajstić information content (AvgIpc) is 2.73. The van der Waals surface area contributed by atoms with E-state index in [1.807, 2.05) is 6.92 Å². The summed E-state index contributed by atoms with van der Waals surface area (Å²) in [5.74, 6) is 0.686. The summed E-state index contributed by atoms with van der Waals surface area (Å²) in [4.78, 5) is 12.4. The van der Waals surface area contributed by atoms with Crippen molar-refractivity contribution < 1.29 is 27.4 Å². The van der Waals surface area contributed by atoms with Crippen LogP contribution >= 0.6 is 11.6 Å². The molecule has 0 aromatic heterocycles. The Morgan fingerprint density at radius 2 is 1.73 bits per heavy atom. The minimum Gasteiger partial charge on any atom is -0.495 e. The molecule has 1 amide bonds. The van der Waals surface area contributed by atoms with Gasteiger partial charge in [-0.2, -0.15) is 0 Å². The lowest BCUT2D eigenvalue weighted by atomic mass is 10.2. The zero-order valence-electron chi connectivity index (χ0n) is 17.0. The number of hydrogen-bond acceptors (Lipinski definition) is 6. The van der Waals surface area contributed by atoms with Gasteiger partial charge in [-0.3, -0.25) is 4.79 Å². The maximum atomic E-state index is 12.2. The number of sulfonamides is 1. The van der Waals surface area contributed by atoms with E-state index < -0.39 is 15.9 Å². The normalized spacial score (nSPS) is 11.1. The zero-order chi connectivity index (χ0) is 22.1. The molecule has 0 heterocycles. The summed E-state index contributed by atoms with van der Waals surface area (Å²) in [6, 6.07) is 8.92. The second kappa shape index (κ2) is 11.1. The third kappa shape index (κ3) is 6.51. The number of benzene rings is 2. The number of hydrogen-bond donors (Lipinski definition) is 2. The first kappa shape index (κ1) is 23.8. The van der Waals surface area contributed by atoms with Crippen molar-refractivity contribution in [2.24, 2.45) is 0 Å². The summed E-state index contributed by atoms with van der Waals surface area (Å²) < 4.78 is 42.7. The molecule has 0 aliphatic heterocycles. The van der Waals surface area contributed by atoms with Crippen LogP contribution in [0.2, 0.25) is 5.02 Å². The molecular weight excluding hydrogens is 432 g/mol. The summed E-state index contributed by atoms with van der Waals surface area (Å²) >= 11 is 6.05. The van der Waals surface area contributed by atoms with E-state index in [2.05, 4.69) is 10.0 Å². The third-order valence-corrected chi connectivity index (χ3v) is 5.85. The van der Waals surface area contributed by atoms with Crippen LogP contribution in [0, 0.1) is 0 Å². The number of anilines is 1. The van der Waals surface area contributed by atoms with Gasteiger partial charge in [-0.05, 0) is 30.7 Å². The van der Waals surface area contributed by atoms with Crippen molar-refractivity contribution in [3.63, 3.8) is 0 Å². The fourth-order valence-electron chi connectivity index (χ4n) is 2.47. The summed E-state index contributed by atoms with van der Waals surface area (Å²) in [5, 5.41) is 3.01.